The quantitative estimate of drug-likeness (QED) is 0.563. The van der Waals surface area contributed by atoms with Gasteiger partial charge in [0.1, 0.15) is 0 Å². The Hall–Kier alpha value is 0.270. The summed E-state index contributed by atoms with van der Waals surface area (Å²) in [7, 11) is 0. The largest absolute Gasteiger partial charge is 0.391 e. The number of piperidine rings is 1. The summed E-state index contributed by atoms with van der Waals surface area (Å²) in [6.45, 7) is 1.09. The van der Waals surface area contributed by atoms with Crippen LogP contribution in [0.15, 0.2) is 0 Å². The van der Waals surface area contributed by atoms with Gasteiger partial charge in [-0.15, -0.1) is 0 Å². The molecule has 0 aromatic rings. The Kier molecular flexibility index (Phi) is 2.12. The molecule has 0 bridgehead atoms. The minimum atomic E-state index is -0.0914. The number of rotatable bonds is 0. The smallest absolute Gasteiger partial charge is 0.0730 e. The Labute approximate surface area is 71.7 Å². The van der Waals surface area contributed by atoms with Crippen molar-refractivity contribution in [1.82, 2.24) is 5.32 Å². The summed E-state index contributed by atoms with van der Waals surface area (Å²) in [4.78, 5) is 0. The molecule has 64 valence electrons. The van der Waals surface area contributed by atoms with Gasteiger partial charge < -0.3 is 10.4 Å². The van der Waals surface area contributed by atoms with Crippen LogP contribution >= 0.6 is 11.8 Å². The van der Waals surface area contributed by atoms with Gasteiger partial charge in [-0.25, -0.2) is 0 Å². The van der Waals surface area contributed by atoms with Gasteiger partial charge in [-0.3, -0.25) is 0 Å². The zero-order valence-corrected chi connectivity index (χ0v) is 7.49. The fourth-order valence-electron chi connectivity index (χ4n) is 2.01. The van der Waals surface area contributed by atoms with E-state index in [1.54, 1.807) is 0 Å². The molecule has 2 atom stereocenters. The Morgan fingerprint density at radius 3 is 3.09 bits per heavy atom. The van der Waals surface area contributed by atoms with Crippen molar-refractivity contribution in [3.8, 4) is 0 Å². The zero-order chi connectivity index (χ0) is 7.73. The van der Waals surface area contributed by atoms with Crippen molar-refractivity contribution in [3.63, 3.8) is 0 Å². The van der Waals surface area contributed by atoms with Gasteiger partial charge in [0.25, 0.3) is 0 Å². The molecule has 2 aliphatic rings. The summed E-state index contributed by atoms with van der Waals surface area (Å²) in [5.74, 6) is 2.32. The summed E-state index contributed by atoms with van der Waals surface area (Å²) in [5, 5.41) is 13.3. The highest BCUT2D eigenvalue weighted by Gasteiger charge is 2.42. The lowest BCUT2D eigenvalue weighted by atomic mass is 9.85. The fraction of sp³-hybridized carbons (Fsp3) is 1.00. The van der Waals surface area contributed by atoms with Crippen LogP contribution in [0.25, 0.3) is 0 Å². The van der Waals surface area contributed by atoms with Gasteiger partial charge in [0.2, 0.25) is 0 Å². The molecule has 0 aliphatic carbocycles. The second kappa shape index (κ2) is 2.96. The van der Waals surface area contributed by atoms with E-state index in [0.29, 0.717) is 0 Å². The standard InChI is InChI=1S/C8H15NOS/c10-7-2-1-4-9-8(7)3-5-11-6-8/h7,9-10H,1-6H2. The number of nitrogens with one attached hydrogen (secondary N) is 1. The van der Waals surface area contributed by atoms with E-state index in [0.717, 1.165) is 31.6 Å². The number of hydrogen-bond acceptors (Lipinski definition) is 3. The van der Waals surface area contributed by atoms with Gasteiger partial charge in [0.15, 0.2) is 0 Å². The second-order valence-corrected chi connectivity index (χ2v) is 4.65. The van der Waals surface area contributed by atoms with E-state index in [4.69, 9.17) is 0 Å². The first-order valence-corrected chi connectivity index (χ1v) is 5.50. The molecule has 2 rings (SSSR count). The van der Waals surface area contributed by atoms with Gasteiger partial charge in [-0.2, -0.15) is 11.8 Å². The third-order valence-electron chi connectivity index (χ3n) is 2.82. The van der Waals surface area contributed by atoms with Gasteiger partial charge in [-0.05, 0) is 31.6 Å². The first kappa shape index (κ1) is 7.90. The molecule has 2 fully saturated rings. The van der Waals surface area contributed by atoms with Crippen molar-refractivity contribution >= 4 is 11.8 Å². The average Bonchev–Trinajstić information content (AvgIpc) is 2.46. The number of thioether (sulfide) groups is 1. The summed E-state index contributed by atoms with van der Waals surface area (Å²) < 4.78 is 0. The Bertz CT molecular complexity index is 145. The molecule has 0 aromatic heterocycles. The first-order valence-electron chi connectivity index (χ1n) is 4.34. The van der Waals surface area contributed by atoms with Gasteiger partial charge in [0, 0.05) is 5.75 Å². The Balaban J connectivity index is 2.07. The molecule has 2 nitrogen and oxygen atoms in total. The SMILES string of the molecule is OC1CCCNC12CCSC2. The van der Waals surface area contributed by atoms with Crippen LogP contribution in [0.4, 0.5) is 0 Å². The lowest BCUT2D eigenvalue weighted by molar-refractivity contribution is 0.0448. The van der Waals surface area contributed by atoms with E-state index in [1.165, 1.54) is 5.75 Å². The third-order valence-corrected chi connectivity index (χ3v) is 4.03. The lowest BCUT2D eigenvalue weighted by Crippen LogP contribution is -2.58. The van der Waals surface area contributed by atoms with Crippen LogP contribution in [0.2, 0.25) is 0 Å². The molecule has 11 heavy (non-hydrogen) atoms. The zero-order valence-electron chi connectivity index (χ0n) is 6.68. The lowest BCUT2D eigenvalue weighted by Gasteiger charge is -2.38. The Morgan fingerprint density at radius 2 is 2.45 bits per heavy atom. The second-order valence-electron chi connectivity index (χ2n) is 3.54. The average molecular weight is 173 g/mol. The summed E-state index contributed by atoms with van der Waals surface area (Å²) in [6.07, 6.45) is 3.19. The summed E-state index contributed by atoms with van der Waals surface area (Å²) in [6, 6.07) is 0. The van der Waals surface area contributed by atoms with Crippen molar-refractivity contribution in [1.29, 1.82) is 0 Å². The van der Waals surface area contributed by atoms with Gasteiger partial charge in [-0.1, -0.05) is 0 Å². The monoisotopic (exact) mass is 173 g/mol. The molecule has 2 saturated heterocycles. The number of aliphatic hydroxyl groups is 1. The topological polar surface area (TPSA) is 32.3 Å². The van der Waals surface area contributed by atoms with E-state index in [9.17, 15) is 5.11 Å². The molecule has 3 heteroatoms. The van der Waals surface area contributed by atoms with Crippen LogP contribution in [-0.4, -0.2) is 34.8 Å². The molecule has 2 N–H and O–H groups in total. The summed E-state index contributed by atoms with van der Waals surface area (Å²) in [5.41, 5.74) is 0.100. The molecule has 2 aliphatic heterocycles. The van der Waals surface area contributed by atoms with E-state index >= 15 is 0 Å². The first-order chi connectivity index (χ1) is 5.33. The van der Waals surface area contributed by atoms with Crippen LogP contribution in [0, 0.1) is 0 Å². The van der Waals surface area contributed by atoms with E-state index in [2.05, 4.69) is 5.32 Å². The van der Waals surface area contributed by atoms with Crippen molar-refractivity contribution in [3.05, 3.63) is 0 Å². The highest BCUT2D eigenvalue weighted by Crippen LogP contribution is 2.34. The van der Waals surface area contributed by atoms with Crippen LogP contribution in [0.1, 0.15) is 19.3 Å². The van der Waals surface area contributed by atoms with E-state index in [-0.39, 0.29) is 11.6 Å². The molecule has 0 saturated carbocycles. The highest BCUT2D eigenvalue weighted by atomic mass is 32.2. The van der Waals surface area contributed by atoms with Crippen LogP contribution in [0.3, 0.4) is 0 Å². The Morgan fingerprint density at radius 1 is 1.55 bits per heavy atom. The minimum Gasteiger partial charge on any atom is -0.391 e. The fourth-order valence-corrected chi connectivity index (χ4v) is 3.47. The maximum Gasteiger partial charge on any atom is 0.0730 e. The number of aliphatic hydroxyl groups excluding tert-OH is 1. The van der Waals surface area contributed by atoms with Crippen molar-refractivity contribution in [2.24, 2.45) is 0 Å². The molecule has 0 aromatic carbocycles. The molecule has 2 heterocycles. The van der Waals surface area contributed by atoms with E-state index < -0.39 is 0 Å². The maximum absolute atomic E-state index is 9.78. The van der Waals surface area contributed by atoms with E-state index in [1.807, 2.05) is 11.8 Å². The molecule has 2 unspecified atom stereocenters. The molecule has 0 radical (unpaired) electrons. The van der Waals surface area contributed by atoms with Crippen molar-refractivity contribution < 1.29 is 5.11 Å². The maximum atomic E-state index is 9.78. The molecule has 0 amide bonds. The van der Waals surface area contributed by atoms with Crippen LogP contribution in [-0.2, 0) is 0 Å². The predicted octanol–water partition coefficient (Wildman–Crippen LogP) is 0.606. The third kappa shape index (κ3) is 1.30. The van der Waals surface area contributed by atoms with Gasteiger partial charge in [0.05, 0.1) is 11.6 Å². The van der Waals surface area contributed by atoms with Crippen molar-refractivity contribution in [2.75, 3.05) is 18.1 Å². The number of hydrogen-bond donors (Lipinski definition) is 2. The normalized spacial score (nSPS) is 45.0. The predicted molar refractivity (Wildman–Crippen MR) is 47.9 cm³/mol. The highest BCUT2D eigenvalue weighted by molar-refractivity contribution is 7.99. The molecular weight excluding hydrogens is 158 g/mol. The van der Waals surface area contributed by atoms with Crippen LogP contribution in [0.5, 0.6) is 0 Å². The molecule has 1 spiro atoms. The van der Waals surface area contributed by atoms with Crippen LogP contribution < -0.4 is 5.32 Å². The minimum absolute atomic E-state index is 0.0914. The van der Waals surface area contributed by atoms with Gasteiger partial charge >= 0.3 is 0 Å². The summed E-state index contributed by atoms with van der Waals surface area (Å²) >= 11 is 1.96. The molecular formula is C8H15NOS. The van der Waals surface area contributed by atoms with Crippen molar-refractivity contribution in [2.45, 2.75) is 30.9 Å².